The van der Waals surface area contributed by atoms with Crippen molar-refractivity contribution in [2.24, 2.45) is 0 Å². The molecule has 0 atom stereocenters. The van der Waals surface area contributed by atoms with E-state index in [2.05, 4.69) is 19.9 Å². The lowest BCUT2D eigenvalue weighted by Gasteiger charge is -2.25. The lowest BCUT2D eigenvalue weighted by Crippen LogP contribution is -2.32. The highest BCUT2D eigenvalue weighted by molar-refractivity contribution is 5.04. The molecular formula is C12H20O3. The van der Waals surface area contributed by atoms with E-state index in [4.69, 9.17) is 14.2 Å². The molecule has 0 saturated carbocycles. The van der Waals surface area contributed by atoms with Crippen molar-refractivity contribution in [3.05, 3.63) is 23.5 Å². The van der Waals surface area contributed by atoms with Gasteiger partial charge in [0.15, 0.2) is 0 Å². The van der Waals surface area contributed by atoms with E-state index in [0.29, 0.717) is 6.42 Å². The molecule has 3 nitrogen and oxygen atoms in total. The van der Waals surface area contributed by atoms with Gasteiger partial charge in [-0.2, -0.15) is 0 Å². The predicted octanol–water partition coefficient (Wildman–Crippen LogP) is 2.98. The zero-order chi connectivity index (χ0) is 11.3. The Morgan fingerprint density at radius 3 is 2.60 bits per heavy atom. The summed E-state index contributed by atoms with van der Waals surface area (Å²) in [5.74, 6) is 0.0801. The highest BCUT2D eigenvalue weighted by Gasteiger charge is 2.36. The van der Waals surface area contributed by atoms with Crippen molar-refractivity contribution in [2.75, 3.05) is 14.2 Å². The van der Waals surface area contributed by atoms with Gasteiger partial charge in [0.25, 0.3) is 0 Å². The summed E-state index contributed by atoms with van der Waals surface area (Å²) in [7, 11) is 3.19. The molecule has 0 fully saturated rings. The van der Waals surface area contributed by atoms with Crippen LogP contribution in [0.2, 0.25) is 0 Å². The maximum Gasteiger partial charge on any atom is 0.329 e. The number of hydrogen-bond acceptors (Lipinski definition) is 3. The van der Waals surface area contributed by atoms with Gasteiger partial charge in [0.05, 0.1) is 12.2 Å². The van der Waals surface area contributed by atoms with E-state index in [-0.39, 0.29) is 0 Å². The Labute approximate surface area is 91.7 Å². The van der Waals surface area contributed by atoms with Gasteiger partial charge >= 0.3 is 5.97 Å². The molecule has 0 unspecified atom stereocenters. The third-order valence-electron chi connectivity index (χ3n) is 2.43. The van der Waals surface area contributed by atoms with Crippen LogP contribution in [0.25, 0.3) is 0 Å². The Balaban J connectivity index is 2.38. The Hall–Kier alpha value is -0.800. The average Bonchev–Trinajstić information content (AvgIpc) is 2.62. The first-order valence-corrected chi connectivity index (χ1v) is 5.23. The highest BCUT2D eigenvalue weighted by Crippen LogP contribution is 2.31. The van der Waals surface area contributed by atoms with Gasteiger partial charge in [-0.05, 0) is 26.3 Å². The summed E-state index contributed by atoms with van der Waals surface area (Å²) in [6, 6.07) is 0. The van der Waals surface area contributed by atoms with Crippen molar-refractivity contribution in [2.45, 2.75) is 39.1 Å². The van der Waals surface area contributed by atoms with Gasteiger partial charge in [-0.1, -0.05) is 11.6 Å². The maximum atomic E-state index is 5.62. The quantitative estimate of drug-likeness (QED) is 0.518. The first-order valence-electron chi connectivity index (χ1n) is 5.23. The fourth-order valence-electron chi connectivity index (χ4n) is 1.51. The topological polar surface area (TPSA) is 27.7 Å². The standard InChI is InChI=1S/C12H20O3/c1-10(2)6-5-7-11-8-9-12(13-3,14-4)15-11/h6,8H,5,7,9H2,1-4H3. The van der Waals surface area contributed by atoms with Crippen LogP contribution < -0.4 is 0 Å². The van der Waals surface area contributed by atoms with E-state index in [9.17, 15) is 0 Å². The minimum atomic E-state index is -0.875. The monoisotopic (exact) mass is 212 g/mol. The lowest BCUT2D eigenvalue weighted by atomic mass is 10.2. The summed E-state index contributed by atoms with van der Waals surface area (Å²) in [5.41, 5.74) is 1.33. The van der Waals surface area contributed by atoms with Crippen LogP contribution in [0, 0.1) is 0 Å². The van der Waals surface area contributed by atoms with Gasteiger partial charge in [-0.15, -0.1) is 0 Å². The van der Waals surface area contributed by atoms with Gasteiger partial charge in [0.1, 0.15) is 0 Å². The largest absolute Gasteiger partial charge is 0.444 e. The molecule has 15 heavy (non-hydrogen) atoms. The second-order valence-corrected chi connectivity index (χ2v) is 3.89. The Kier molecular flexibility index (Phi) is 4.36. The first-order chi connectivity index (χ1) is 7.12. The van der Waals surface area contributed by atoms with Crippen LogP contribution in [0.15, 0.2) is 23.5 Å². The summed E-state index contributed by atoms with van der Waals surface area (Å²) in [6.07, 6.45) is 6.79. The molecule has 0 aromatic rings. The van der Waals surface area contributed by atoms with Gasteiger partial charge < -0.3 is 14.2 Å². The van der Waals surface area contributed by atoms with E-state index in [0.717, 1.165) is 18.6 Å². The zero-order valence-electron chi connectivity index (χ0n) is 10.0. The smallest absolute Gasteiger partial charge is 0.329 e. The van der Waals surface area contributed by atoms with Gasteiger partial charge in [-0.3, -0.25) is 0 Å². The second kappa shape index (κ2) is 5.33. The van der Waals surface area contributed by atoms with Gasteiger partial charge in [0.2, 0.25) is 0 Å². The highest BCUT2D eigenvalue weighted by atomic mass is 16.9. The molecule has 3 heteroatoms. The van der Waals surface area contributed by atoms with Gasteiger partial charge in [0, 0.05) is 20.6 Å². The first kappa shape index (κ1) is 12.3. The van der Waals surface area contributed by atoms with Crippen LogP contribution >= 0.6 is 0 Å². The molecule has 0 aromatic heterocycles. The SMILES string of the molecule is COC1(OC)CC=C(CCC=C(C)C)O1. The lowest BCUT2D eigenvalue weighted by molar-refractivity contribution is -0.335. The number of ether oxygens (including phenoxy) is 3. The summed E-state index contributed by atoms with van der Waals surface area (Å²) in [4.78, 5) is 0. The van der Waals surface area contributed by atoms with E-state index < -0.39 is 5.97 Å². The Bertz CT molecular complexity index is 258. The van der Waals surface area contributed by atoms with Crippen LogP contribution in [0.5, 0.6) is 0 Å². The molecule has 0 bridgehead atoms. The van der Waals surface area contributed by atoms with Crippen molar-refractivity contribution in [1.82, 2.24) is 0 Å². The molecule has 0 aromatic carbocycles. The predicted molar refractivity (Wildman–Crippen MR) is 59.2 cm³/mol. The minimum absolute atomic E-state index is 0.657. The van der Waals surface area contributed by atoms with Crippen molar-refractivity contribution >= 4 is 0 Å². The molecule has 0 aliphatic carbocycles. The Morgan fingerprint density at radius 2 is 2.13 bits per heavy atom. The van der Waals surface area contributed by atoms with Crippen molar-refractivity contribution in [3.8, 4) is 0 Å². The molecule has 86 valence electrons. The number of allylic oxidation sites excluding steroid dienone is 3. The van der Waals surface area contributed by atoms with Crippen LogP contribution in [0.4, 0.5) is 0 Å². The van der Waals surface area contributed by atoms with E-state index in [1.165, 1.54) is 5.57 Å². The molecule has 0 N–H and O–H groups in total. The molecule has 0 radical (unpaired) electrons. The van der Waals surface area contributed by atoms with Gasteiger partial charge in [-0.25, -0.2) is 0 Å². The molecule has 0 saturated heterocycles. The van der Waals surface area contributed by atoms with Crippen LogP contribution in [-0.2, 0) is 14.2 Å². The number of rotatable bonds is 5. The molecule has 0 amide bonds. The van der Waals surface area contributed by atoms with Crippen molar-refractivity contribution in [1.29, 1.82) is 0 Å². The summed E-state index contributed by atoms with van der Waals surface area (Å²) in [6.45, 7) is 4.19. The minimum Gasteiger partial charge on any atom is -0.444 e. The zero-order valence-corrected chi connectivity index (χ0v) is 10.0. The van der Waals surface area contributed by atoms with E-state index in [1.54, 1.807) is 14.2 Å². The van der Waals surface area contributed by atoms with Crippen molar-refractivity contribution < 1.29 is 14.2 Å². The van der Waals surface area contributed by atoms with Crippen molar-refractivity contribution in [3.63, 3.8) is 0 Å². The summed E-state index contributed by atoms with van der Waals surface area (Å²) < 4.78 is 16.0. The second-order valence-electron chi connectivity index (χ2n) is 3.89. The molecule has 1 heterocycles. The fraction of sp³-hybridized carbons (Fsp3) is 0.667. The summed E-state index contributed by atoms with van der Waals surface area (Å²) in [5, 5.41) is 0. The summed E-state index contributed by atoms with van der Waals surface area (Å²) >= 11 is 0. The normalized spacial score (nSPS) is 18.3. The molecule has 0 spiro atoms. The van der Waals surface area contributed by atoms with Crippen LogP contribution in [0.3, 0.4) is 0 Å². The van der Waals surface area contributed by atoms with E-state index in [1.807, 2.05) is 6.08 Å². The number of methoxy groups -OCH3 is 2. The fourth-order valence-corrected chi connectivity index (χ4v) is 1.51. The molecule has 1 aliphatic heterocycles. The maximum absolute atomic E-state index is 5.62. The number of hydrogen-bond donors (Lipinski definition) is 0. The van der Waals surface area contributed by atoms with Crippen LogP contribution in [0.1, 0.15) is 33.1 Å². The van der Waals surface area contributed by atoms with E-state index >= 15 is 0 Å². The average molecular weight is 212 g/mol. The molecular weight excluding hydrogens is 192 g/mol. The van der Waals surface area contributed by atoms with Crippen LogP contribution in [-0.4, -0.2) is 20.2 Å². The third kappa shape index (κ3) is 3.36. The molecule has 1 rings (SSSR count). The third-order valence-corrected chi connectivity index (χ3v) is 2.43. The molecule has 1 aliphatic rings. The Morgan fingerprint density at radius 1 is 1.47 bits per heavy atom.